The van der Waals surface area contributed by atoms with E-state index >= 15 is 0 Å². The SMILES string of the molecule is CCN.CCN(CCO)CCO. The van der Waals surface area contributed by atoms with Gasteiger partial charge >= 0.3 is 0 Å². The lowest BCUT2D eigenvalue weighted by Gasteiger charge is -2.16. The minimum Gasteiger partial charge on any atom is -0.395 e. The van der Waals surface area contributed by atoms with Gasteiger partial charge in [-0.3, -0.25) is 4.90 Å². The number of nitrogens with two attached hydrogens (primary N) is 1. The number of likely N-dealkylation sites (N-methyl/N-ethyl adjacent to an activating group) is 1. The summed E-state index contributed by atoms with van der Waals surface area (Å²) in [5.41, 5.74) is 4.85. The first-order valence-electron chi connectivity index (χ1n) is 4.40. The van der Waals surface area contributed by atoms with Gasteiger partial charge in [0.25, 0.3) is 0 Å². The van der Waals surface area contributed by atoms with Crippen molar-refractivity contribution in [2.75, 3.05) is 39.4 Å². The van der Waals surface area contributed by atoms with Gasteiger partial charge in [-0.2, -0.15) is 0 Å². The van der Waals surface area contributed by atoms with Crippen LogP contribution in [-0.2, 0) is 0 Å². The standard InChI is InChI=1S/C6H15NO2.C2H7N/c1-2-7(3-5-8)4-6-9;1-2-3/h8-9H,2-6H2,1H3;2-3H2,1H3. The molecule has 4 nitrogen and oxygen atoms in total. The molecule has 0 bridgehead atoms. The topological polar surface area (TPSA) is 69.7 Å². The van der Waals surface area contributed by atoms with Crippen molar-refractivity contribution in [1.29, 1.82) is 0 Å². The van der Waals surface area contributed by atoms with Crippen molar-refractivity contribution in [1.82, 2.24) is 4.90 Å². The Morgan fingerprint density at radius 2 is 1.42 bits per heavy atom. The van der Waals surface area contributed by atoms with Gasteiger partial charge in [-0.15, -0.1) is 0 Å². The molecule has 4 N–H and O–H groups in total. The molecule has 0 spiro atoms. The zero-order valence-electron chi connectivity index (χ0n) is 8.16. The largest absolute Gasteiger partial charge is 0.395 e. The molecule has 0 aromatic carbocycles. The lowest BCUT2D eigenvalue weighted by molar-refractivity contribution is 0.166. The van der Waals surface area contributed by atoms with Gasteiger partial charge in [0.15, 0.2) is 0 Å². The van der Waals surface area contributed by atoms with Crippen LogP contribution in [0.15, 0.2) is 0 Å². The number of hydrogen-bond donors (Lipinski definition) is 3. The first-order chi connectivity index (χ1) is 5.76. The minimum atomic E-state index is 0.174. The zero-order valence-corrected chi connectivity index (χ0v) is 8.16. The molecule has 0 aliphatic heterocycles. The second kappa shape index (κ2) is 13.4. The molecule has 0 heterocycles. The Morgan fingerprint density at radius 3 is 1.58 bits per heavy atom. The van der Waals surface area contributed by atoms with Gasteiger partial charge in [0, 0.05) is 13.1 Å². The fourth-order valence-corrected chi connectivity index (χ4v) is 0.711. The monoisotopic (exact) mass is 178 g/mol. The summed E-state index contributed by atoms with van der Waals surface area (Å²) in [5, 5.41) is 16.9. The normalized spacial score (nSPS) is 9.50. The second-order valence-corrected chi connectivity index (χ2v) is 2.29. The summed E-state index contributed by atoms with van der Waals surface area (Å²) in [7, 11) is 0. The van der Waals surface area contributed by atoms with E-state index in [1.165, 1.54) is 0 Å². The van der Waals surface area contributed by atoms with E-state index in [9.17, 15) is 0 Å². The van der Waals surface area contributed by atoms with E-state index in [2.05, 4.69) is 0 Å². The van der Waals surface area contributed by atoms with Gasteiger partial charge in [0.1, 0.15) is 0 Å². The quantitative estimate of drug-likeness (QED) is 0.518. The molecule has 76 valence electrons. The number of hydrogen-bond acceptors (Lipinski definition) is 4. The van der Waals surface area contributed by atoms with Gasteiger partial charge in [-0.1, -0.05) is 13.8 Å². The van der Waals surface area contributed by atoms with Crippen LogP contribution in [0, 0.1) is 0 Å². The van der Waals surface area contributed by atoms with E-state index in [-0.39, 0.29) is 13.2 Å². The van der Waals surface area contributed by atoms with Gasteiger partial charge in [-0.05, 0) is 13.1 Å². The number of aliphatic hydroxyl groups is 2. The third-order valence-corrected chi connectivity index (χ3v) is 1.28. The van der Waals surface area contributed by atoms with E-state index in [4.69, 9.17) is 15.9 Å². The molecule has 0 saturated heterocycles. The molecule has 0 rings (SSSR count). The molecule has 0 amide bonds. The maximum Gasteiger partial charge on any atom is 0.0558 e. The van der Waals surface area contributed by atoms with Crippen LogP contribution in [0.25, 0.3) is 0 Å². The predicted molar refractivity (Wildman–Crippen MR) is 51.0 cm³/mol. The van der Waals surface area contributed by atoms with Crippen LogP contribution in [0.3, 0.4) is 0 Å². The van der Waals surface area contributed by atoms with Crippen LogP contribution >= 0.6 is 0 Å². The Balaban J connectivity index is 0. The molecule has 0 fully saturated rings. The van der Waals surface area contributed by atoms with Gasteiger partial charge in [-0.25, -0.2) is 0 Å². The maximum atomic E-state index is 8.47. The van der Waals surface area contributed by atoms with Crippen molar-refractivity contribution in [2.24, 2.45) is 5.73 Å². The molecule has 0 aliphatic rings. The molecule has 0 atom stereocenters. The lowest BCUT2D eigenvalue weighted by atomic mass is 10.5. The molecule has 0 unspecified atom stereocenters. The number of rotatable bonds is 5. The van der Waals surface area contributed by atoms with Crippen molar-refractivity contribution in [3.05, 3.63) is 0 Å². The van der Waals surface area contributed by atoms with Crippen LogP contribution < -0.4 is 5.73 Å². The third kappa shape index (κ3) is 12.5. The van der Waals surface area contributed by atoms with Crippen molar-refractivity contribution in [3.8, 4) is 0 Å². The highest BCUT2D eigenvalue weighted by atomic mass is 16.3. The highest BCUT2D eigenvalue weighted by Gasteiger charge is 1.97. The van der Waals surface area contributed by atoms with E-state index in [1.807, 2.05) is 18.7 Å². The lowest BCUT2D eigenvalue weighted by Crippen LogP contribution is -2.29. The number of nitrogens with zero attached hydrogens (tertiary/aromatic N) is 1. The summed E-state index contributed by atoms with van der Waals surface area (Å²) in [5.74, 6) is 0. The van der Waals surface area contributed by atoms with Crippen LogP contribution in [0.5, 0.6) is 0 Å². The van der Waals surface area contributed by atoms with E-state index < -0.39 is 0 Å². The fourth-order valence-electron chi connectivity index (χ4n) is 0.711. The molecular weight excluding hydrogens is 156 g/mol. The van der Waals surface area contributed by atoms with E-state index in [0.717, 1.165) is 13.1 Å². The van der Waals surface area contributed by atoms with Crippen LogP contribution in [0.2, 0.25) is 0 Å². The highest BCUT2D eigenvalue weighted by Crippen LogP contribution is 1.83. The highest BCUT2D eigenvalue weighted by molar-refractivity contribution is 4.51. The predicted octanol–water partition coefficient (Wildman–Crippen LogP) is -0.742. The van der Waals surface area contributed by atoms with Crippen molar-refractivity contribution in [2.45, 2.75) is 13.8 Å². The Bertz CT molecular complexity index is 66.1. The Kier molecular flexibility index (Phi) is 16.1. The molecule has 0 aromatic heterocycles. The van der Waals surface area contributed by atoms with Gasteiger partial charge < -0.3 is 15.9 Å². The second-order valence-electron chi connectivity index (χ2n) is 2.29. The molecule has 0 aromatic rings. The van der Waals surface area contributed by atoms with Crippen LogP contribution in [0.1, 0.15) is 13.8 Å². The number of aliphatic hydroxyl groups excluding tert-OH is 2. The summed E-state index contributed by atoms with van der Waals surface area (Å²) in [6, 6.07) is 0. The first-order valence-corrected chi connectivity index (χ1v) is 4.40. The maximum absolute atomic E-state index is 8.47. The summed E-state index contributed by atoms with van der Waals surface area (Å²) in [6.45, 7) is 7.22. The average Bonchev–Trinajstić information content (AvgIpc) is 2.05. The van der Waals surface area contributed by atoms with Crippen molar-refractivity contribution in [3.63, 3.8) is 0 Å². The summed E-state index contributed by atoms with van der Waals surface area (Å²) >= 11 is 0. The minimum absolute atomic E-state index is 0.174. The molecule has 4 heteroatoms. The van der Waals surface area contributed by atoms with E-state index in [0.29, 0.717) is 13.1 Å². The molecule has 12 heavy (non-hydrogen) atoms. The summed E-state index contributed by atoms with van der Waals surface area (Å²) in [4.78, 5) is 1.99. The van der Waals surface area contributed by atoms with E-state index in [1.54, 1.807) is 0 Å². The molecule has 0 aliphatic carbocycles. The van der Waals surface area contributed by atoms with Crippen LogP contribution in [0.4, 0.5) is 0 Å². The first kappa shape index (κ1) is 14.4. The molecule has 0 radical (unpaired) electrons. The smallest absolute Gasteiger partial charge is 0.0558 e. The third-order valence-electron chi connectivity index (χ3n) is 1.28. The summed E-state index contributed by atoms with van der Waals surface area (Å²) in [6.07, 6.45) is 0. The van der Waals surface area contributed by atoms with Crippen molar-refractivity contribution >= 4 is 0 Å². The van der Waals surface area contributed by atoms with Crippen molar-refractivity contribution < 1.29 is 10.2 Å². The Morgan fingerprint density at radius 1 is 1.08 bits per heavy atom. The van der Waals surface area contributed by atoms with Gasteiger partial charge in [0.2, 0.25) is 0 Å². The summed E-state index contributed by atoms with van der Waals surface area (Å²) < 4.78 is 0. The Hall–Kier alpha value is -0.160. The van der Waals surface area contributed by atoms with Gasteiger partial charge in [0.05, 0.1) is 13.2 Å². The fraction of sp³-hybridized carbons (Fsp3) is 1.00. The zero-order chi connectivity index (χ0) is 9.82. The molecular formula is C8H22N2O2. The Labute approximate surface area is 75.0 Å². The molecule has 0 saturated carbocycles. The van der Waals surface area contributed by atoms with Crippen LogP contribution in [-0.4, -0.2) is 54.5 Å². The average molecular weight is 178 g/mol.